The number of hydrogen-bond donors (Lipinski definition) is 1. The molecule has 0 aliphatic rings. The Morgan fingerprint density at radius 2 is 1.90 bits per heavy atom. The molecule has 2 rings (SSSR count). The van der Waals surface area contributed by atoms with Crippen LogP contribution in [-0.4, -0.2) is 21.5 Å². The fourth-order valence-corrected chi connectivity index (χ4v) is 2.27. The van der Waals surface area contributed by atoms with E-state index in [1.54, 1.807) is 11.5 Å². The number of carbonyl (C=O) groups is 1. The number of benzene rings is 1. The van der Waals surface area contributed by atoms with Gasteiger partial charge in [0, 0.05) is 18.2 Å². The van der Waals surface area contributed by atoms with Crippen LogP contribution in [0.1, 0.15) is 39.7 Å². The van der Waals surface area contributed by atoms with Crippen LogP contribution in [0.15, 0.2) is 18.5 Å². The van der Waals surface area contributed by atoms with Gasteiger partial charge < -0.3 is 9.88 Å². The smallest absolute Gasteiger partial charge is 0.243 e. The number of hydrogen-bond acceptors (Lipinski definition) is 2. The van der Waals surface area contributed by atoms with Gasteiger partial charge in [0.15, 0.2) is 11.6 Å². The molecule has 1 aromatic heterocycles. The van der Waals surface area contributed by atoms with Crippen LogP contribution in [0, 0.1) is 11.6 Å². The zero-order chi connectivity index (χ0) is 15.6. The van der Waals surface area contributed by atoms with E-state index in [2.05, 4.69) is 10.3 Å². The van der Waals surface area contributed by atoms with E-state index in [0.717, 1.165) is 25.0 Å². The lowest BCUT2D eigenvalue weighted by atomic mass is 10.1. The first-order chi connectivity index (χ1) is 9.97. The third-order valence-electron chi connectivity index (χ3n) is 3.75. The van der Waals surface area contributed by atoms with Crippen molar-refractivity contribution in [2.24, 2.45) is 0 Å². The molecule has 21 heavy (non-hydrogen) atoms. The van der Waals surface area contributed by atoms with E-state index < -0.39 is 17.7 Å². The summed E-state index contributed by atoms with van der Waals surface area (Å²) in [5.74, 6) is -2.05. The van der Waals surface area contributed by atoms with Gasteiger partial charge in [-0.05, 0) is 19.8 Å². The van der Waals surface area contributed by atoms with Crippen molar-refractivity contribution < 1.29 is 13.6 Å². The van der Waals surface area contributed by atoms with Gasteiger partial charge in [0.05, 0.1) is 17.4 Å². The summed E-state index contributed by atoms with van der Waals surface area (Å²) in [6.07, 6.45) is 3.12. The molecule has 0 saturated heterocycles. The molecule has 0 bridgehead atoms. The van der Waals surface area contributed by atoms with Gasteiger partial charge in [-0.1, -0.05) is 13.8 Å². The standard InChI is InChI=1S/C15H19F2N3O/c1-4-10(5-2)19-15(21)9(3)20-8-18-13-6-11(16)12(17)7-14(13)20/h6-10H,4-5H2,1-3H3,(H,19,21). The molecule has 6 heteroatoms. The molecule has 1 N–H and O–H groups in total. The number of carbonyl (C=O) groups excluding carboxylic acids is 1. The number of imidazole rings is 1. The maximum atomic E-state index is 13.4. The molecule has 1 amide bonds. The Kier molecular flexibility index (Phi) is 4.55. The predicted molar refractivity (Wildman–Crippen MR) is 76.9 cm³/mol. The van der Waals surface area contributed by atoms with Crippen LogP contribution < -0.4 is 5.32 Å². The summed E-state index contributed by atoms with van der Waals surface area (Å²) in [7, 11) is 0. The minimum Gasteiger partial charge on any atom is -0.352 e. The van der Waals surface area contributed by atoms with Gasteiger partial charge in [-0.15, -0.1) is 0 Å². The van der Waals surface area contributed by atoms with Crippen molar-refractivity contribution >= 4 is 16.9 Å². The molecule has 1 heterocycles. The Bertz CT molecular complexity index is 650. The Labute approximate surface area is 122 Å². The van der Waals surface area contributed by atoms with Crippen LogP contribution in [0.2, 0.25) is 0 Å². The maximum Gasteiger partial charge on any atom is 0.243 e. The second-order valence-corrected chi connectivity index (χ2v) is 5.10. The Balaban J connectivity index is 2.29. The van der Waals surface area contributed by atoms with Gasteiger partial charge >= 0.3 is 0 Å². The first-order valence-corrected chi connectivity index (χ1v) is 7.09. The molecule has 1 aromatic carbocycles. The maximum absolute atomic E-state index is 13.4. The number of halogens is 2. The summed E-state index contributed by atoms with van der Waals surface area (Å²) in [5, 5.41) is 2.94. The van der Waals surface area contributed by atoms with Crippen molar-refractivity contribution in [3.05, 3.63) is 30.1 Å². The highest BCUT2D eigenvalue weighted by Gasteiger charge is 2.20. The van der Waals surface area contributed by atoms with E-state index >= 15 is 0 Å². The van der Waals surface area contributed by atoms with Crippen LogP contribution in [-0.2, 0) is 4.79 Å². The average Bonchev–Trinajstić information content (AvgIpc) is 2.86. The zero-order valence-corrected chi connectivity index (χ0v) is 12.4. The molecule has 0 spiro atoms. The van der Waals surface area contributed by atoms with Crippen LogP contribution in [0.5, 0.6) is 0 Å². The molecule has 0 radical (unpaired) electrons. The van der Waals surface area contributed by atoms with Gasteiger partial charge in [0.2, 0.25) is 5.91 Å². The van der Waals surface area contributed by atoms with Crippen molar-refractivity contribution in [1.82, 2.24) is 14.9 Å². The monoisotopic (exact) mass is 295 g/mol. The van der Waals surface area contributed by atoms with Gasteiger partial charge in [0.1, 0.15) is 6.04 Å². The minimum atomic E-state index is -0.947. The first kappa shape index (κ1) is 15.4. The van der Waals surface area contributed by atoms with Crippen molar-refractivity contribution in [2.45, 2.75) is 45.7 Å². The van der Waals surface area contributed by atoms with Crippen molar-refractivity contribution in [2.75, 3.05) is 0 Å². The van der Waals surface area contributed by atoms with Gasteiger partial charge in [-0.25, -0.2) is 13.8 Å². The van der Waals surface area contributed by atoms with Crippen LogP contribution in [0.4, 0.5) is 8.78 Å². The highest BCUT2D eigenvalue weighted by molar-refractivity contribution is 5.83. The highest BCUT2D eigenvalue weighted by atomic mass is 19.2. The summed E-state index contributed by atoms with van der Waals surface area (Å²) in [5.41, 5.74) is 0.733. The molecular weight excluding hydrogens is 276 g/mol. The van der Waals surface area contributed by atoms with Crippen molar-refractivity contribution in [3.63, 3.8) is 0 Å². The number of nitrogens with zero attached hydrogens (tertiary/aromatic N) is 2. The van der Waals surface area contributed by atoms with Crippen molar-refractivity contribution in [3.8, 4) is 0 Å². The summed E-state index contributed by atoms with van der Waals surface area (Å²) in [6, 6.07) is 1.68. The molecule has 4 nitrogen and oxygen atoms in total. The van der Waals surface area contributed by atoms with Crippen molar-refractivity contribution in [1.29, 1.82) is 0 Å². The molecule has 0 fully saturated rings. The topological polar surface area (TPSA) is 46.9 Å². The lowest BCUT2D eigenvalue weighted by Crippen LogP contribution is -2.38. The number of nitrogens with one attached hydrogen (secondary N) is 1. The Morgan fingerprint density at radius 3 is 2.52 bits per heavy atom. The minimum absolute atomic E-state index is 0.115. The normalized spacial score (nSPS) is 12.9. The molecule has 0 aliphatic carbocycles. The second kappa shape index (κ2) is 6.20. The molecule has 114 valence electrons. The fourth-order valence-electron chi connectivity index (χ4n) is 2.27. The average molecular weight is 295 g/mol. The SMILES string of the molecule is CCC(CC)NC(=O)C(C)n1cnc2cc(F)c(F)cc21. The lowest BCUT2D eigenvalue weighted by Gasteiger charge is -2.19. The quantitative estimate of drug-likeness (QED) is 0.921. The number of amides is 1. The van der Waals surface area contributed by atoms with E-state index in [1.165, 1.54) is 6.33 Å². The van der Waals surface area contributed by atoms with E-state index in [0.29, 0.717) is 11.0 Å². The van der Waals surface area contributed by atoms with E-state index in [1.807, 2.05) is 13.8 Å². The van der Waals surface area contributed by atoms with Crippen LogP contribution in [0.3, 0.4) is 0 Å². The first-order valence-electron chi connectivity index (χ1n) is 7.09. The summed E-state index contributed by atoms with van der Waals surface area (Å²) < 4.78 is 28.1. The van der Waals surface area contributed by atoms with Gasteiger partial charge in [-0.3, -0.25) is 4.79 Å². The Hall–Kier alpha value is -1.98. The molecule has 0 saturated carbocycles. The van der Waals surface area contributed by atoms with Gasteiger partial charge in [-0.2, -0.15) is 0 Å². The van der Waals surface area contributed by atoms with E-state index in [4.69, 9.17) is 0 Å². The third-order valence-corrected chi connectivity index (χ3v) is 3.75. The summed E-state index contributed by atoms with van der Waals surface area (Å²) in [6.45, 7) is 5.72. The summed E-state index contributed by atoms with van der Waals surface area (Å²) in [4.78, 5) is 16.3. The highest BCUT2D eigenvalue weighted by Crippen LogP contribution is 2.21. The van der Waals surface area contributed by atoms with Crippen LogP contribution in [0.25, 0.3) is 11.0 Å². The molecular formula is C15H19F2N3O. The van der Waals surface area contributed by atoms with E-state index in [9.17, 15) is 13.6 Å². The summed E-state index contributed by atoms with van der Waals surface area (Å²) >= 11 is 0. The number of aromatic nitrogens is 2. The Morgan fingerprint density at radius 1 is 1.29 bits per heavy atom. The molecule has 1 atom stereocenters. The number of rotatable bonds is 5. The predicted octanol–water partition coefficient (Wildman–Crippen LogP) is 3.18. The van der Waals surface area contributed by atoms with Gasteiger partial charge in [0.25, 0.3) is 0 Å². The second-order valence-electron chi connectivity index (χ2n) is 5.10. The number of fused-ring (bicyclic) bond motifs is 1. The van der Waals surface area contributed by atoms with E-state index in [-0.39, 0.29) is 11.9 Å². The third kappa shape index (κ3) is 3.04. The fraction of sp³-hybridized carbons (Fsp3) is 0.467. The molecule has 2 aromatic rings. The van der Waals surface area contributed by atoms with Crippen LogP contribution >= 0.6 is 0 Å². The zero-order valence-electron chi connectivity index (χ0n) is 12.4. The molecule has 1 unspecified atom stereocenters. The molecule has 0 aliphatic heterocycles. The largest absolute Gasteiger partial charge is 0.352 e. The lowest BCUT2D eigenvalue weighted by molar-refractivity contribution is -0.124.